The van der Waals surface area contributed by atoms with Gasteiger partial charge in [0.05, 0.1) is 37.7 Å². The van der Waals surface area contributed by atoms with Crippen molar-refractivity contribution in [2.45, 2.75) is 50.9 Å². The van der Waals surface area contributed by atoms with Crippen LogP contribution in [-0.2, 0) is 14.3 Å². The lowest BCUT2D eigenvalue weighted by molar-refractivity contribution is -0.133. The van der Waals surface area contributed by atoms with Gasteiger partial charge in [-0.2, -0.15) is 0 Å². The van der Waals surface area contributed by atoms with Gasteiger partial charge in [-0.05, 0) is 44.0 Å². The molecular formula is C27H31N3O6. The standard InChI is InChI=1S/C27H31N3O6/c1-16-8-10-17(11-9-16)30-26(32)25-24(19-6-4-5-7-21(19)36-25)29(27(30)33)15-23(31)28-20-14-18(34-2)12-13-22(20)35-3/h8-14,19,21,24-25H,4-7,15H2,1-3H3,(H,28,31). The molecule has 9 nitrogen and oxygen atoms in total. The molecule has 2 aromatic carbocycles. The molecule has 9 heteroatoms. The Morgan fingerprint density at radius 3 is 2.53 bits per heavy atom. The average Bonchev–Trinajstić information content (AvgIpc) is 3.27. The second-order valence-electron chi connectivity index (χ2n) is 9.57. The zero-order valence-corrected chi connectivity index (χ0v) is 20.7. The Morgan fingerprint density at radius 1 is 1.06 bits per heavy atom. The molecule has 2 heterocycles. The average molecular weight is 494 g/mol. The molecule has 1 N–H and O–H groups in total. The van der Waals surface area contributed by atoms with Gasteiger partial charge in [0, 0.05) is 12.0 Å². The first-order chi connectivity index (χ1) is 17.4. The third-order valence-corrected chi connectivity index (χ3v) is 7.37. The second kappa shape index (κ2) is 9.81. The van der Waals surface area contributed by atoms with Gasteiger partial charge in [-0.3, -0.25) is 9.59 Å². The summed E-state index contributed by atoms with van der Waals surface area (Å²) in [4.78, 5) is 43.3. The van der Waals surface area contributed by atoms with Crippen molar-refractivity contribution < 1.29 is 28.6 Å². The Labute approximate surface area is 210 Å². The molecule has 0 aromatic heterocycles. The third-order valence-electron chi connectivity index (χ3n) is 7.37. The van der Waals surface area contributed by atoms with Crippen LogP contribution in [-0.4, -0.2) is 61.8 Å². The number of ether oxygens (including phenoxy) is 3. The third kappa shape index (κ3) is 4.28. The van der Waals surface area contributed by atoms with E-state index in [4.69, 9.17) is 14.2 Å². The van der Waals surface area contributed by atoms with Crippen LogP contribution >= 0.6 is 0 Å². The molecule has 1 saturated carbocycles. The molecule has 4 unspecified atom stereocenters. The molecule has 0 bridgehead atoms. The summed E-state index contributed by atoms with van der Waals surface area (Å²) in [5, 5.41) is 2.85. The maximum Gasteiger partial charge on any atom is 0.332 e. The van der Waals surface area contributed by atoms with E-state index in [1.165, 1.54) is 19.1 Å². The summed E-state index contributed by atoms with van der Waals surface area (Å²) in [6.07, 6.45) is 2.87. The SMILES string of the molecule is COc1ccc(OC)c(NC(=O)CN2C(=O)N(c3ccc(C)cc3)C(=O)C3OC4CCCCC4C32)c1. The number of nitrogens with one attached hydrogen (secondary N) is 1. The first-order valence-electron chi connectivity index (χ1n) is 12.3. The van der Waals surface area contributed by atoms with Crippen LogP contribution in [0.4, 0.5) is 16.2 Å². The highest BCUT2D eigenvalue weighted by Crippen LogP contribution is 2.43. The molecule has 0 spiro atoms. The van der Waals surface area contributed by atoms with Crippen LogP contribution in [0.2, 0.25) is 0 Å². The number of urea groups is 1. The Bertz CT molecular complexity index is 1170. The minimum atomic E-state index is -0.795. The normalized spacial score (nSPS) is 25.3. The molecule has 5 rings (SSSR count). The fourth-order valence-electron chi connectivity index (χ4n) is 5.62. The van der Waals surface area contributed by atoms with Crippen molar-refractivity contribution in [3.05, 3.63) is 48.0 Å². The summed E-state index contributed by atoms with van der Waals surface area (Å²) in [6.45, 7) is 1.72. The van der Waals surface area contributed by atoms with Gasteiger partial charge in [-0.1, -0.05) is 30.5 Å². The lowest BCUT2D eigenvalue weighted by atomic mass is 9.81. The predicted octanol–water partition coefficient (Wildman–Crippen LogP) is 3.75. The quantitative estimate of drug-likeness (QED) is 0.658. The molecule has 36 heavy (non-hydrogen) atoms. The zero-order valence-electron chi connectivity index (χ0n) is 20.7. The van der Waals surface area contributed by atoms with E-state index >= 15 is 0 Å². The van der Waals surface area contributed by atoms with Gasteiger partial charge < -0.3 is 24.4 Å². The van der Waals surface area contributed by atoms with E-state index < -0.39 is 24.1 Å². The van der Waals surface area contributed by atoms with Crippen molar-refractivity contribution in [2.24, 2.45) is 5.92 Å². The summed E-state index contributed by atoms with van der Waals surface area (Å²) in [7, 11) is 3.05. The number of carbonyl (C=O) groups excluding carboxylic acids is 3. The molecule has 2 saturated heterocycles. The summed E-state index contributed by atoms with van der Waals surface area (Å²) in [6, 6.07) is 11.3. The second-order valence-corrected chi connectivity index (χ2v) is 9.57. The van der Waals surface area contributed by atoms with E-state index in [-0.39, 0.29) is 24.5 Å². The smallest absolute Gasteiger partial charge is 0.332 e. The maximum absolute atomic E-state index is 13.8. The number of hydrogen-bond donors (Lipinski definition) is 1. The molecule has 3 fully saturated rings. The van der Waals surface area contributed by atoms with Crippen LogP contribution in [0.5, 0.6) is 11.5 Å². The van der Waals surface area contributed by atoms with E-state index in [0.29, 0.717) is 22.9 Å². The number of fused-ring (bicyclic) bond motifs is 3. The Hall–Kier alpha value is -3.59. The van der Waals surface area contributed by atoms with Crippen LogP contribution in [0.1, 0.15) is 31.2 Å². The van der Waals surface area contributed by atoms with Gasteiger partial charge in [0.15, 0.2) is 6.10 Å². The van der Waals surface area contributed by atoms with Crippen molar-refractivity contribution in [3.8, 4) is 11.5 Å². The monoisotopic (exact) mass is 493 g/mol. The molecular weight excluding hydrogens is 462 g/mol. The largest absolute Gasteiger partial charge is 0.497 e. The van der Waals surface area contributed by atoms with E-state index in [9.17, 15) is 14.4 Å². The van der Waals surface area contributed by atoms with Gasteiger partial charge in [0.2, 0.25) is 5.91 Å². The fourth-order valence-corrected chi connectivity index (χ4v) is 5.62. The van der Waals surface area contributed by atoms with Crippen LogP contribution in [0.15, 0.2) is 42.5 Å². The number of carbonyl (C=O) groups is 3. The molecule has 3 aliphatic rings. The number of amides is 4. The zero-order chi connectivity index (χ0) is 25.4. The number of methoxy groups -OCH3 is 2. The van der Waals surface area contributed by atoms with E-state index in [1.807, 2.05) is 19.1 Å². The number of rotatable bonds is 6. The number of hydrogen-bond acceptors (Lipinski definition) is 6. The molecule has 2 aliphatic heterocycles. The fraction of sp³-hybridized carbons (Fsp3) is 0.444. The maximum atomic E-state index is 13.8. The van der Waals surface area contributed by atoms with Crippen molar-refractivity contribution in [3.63, 3.8) is 0 Å². The highest BCUT2D eigenvalue weighted by atomic mass is 16.5. The molecule has 1 aliphatic carbocycles. The number of anilines is 2. The Balaban J connectivity index is 1.45. The topological polar surface area (TPSA) is 97.4 Å². The number of aryl methyl sites for hydroxylation is 1. The van der Waals surface area contributed by atoms with Crippen molar-refractivity contribution in [1.82, 2.24) is 4.90 Å². The summed E-state index contributed by atoms with van der Waals surface area (Å²) in [5.41, 5.74) is 1.92. The number of imide groups is 1. The molecule has 0 radical (unpaired) electrons. The number of nitrogens with zero attached hydrogens (tertiary/aromatic N) is 2. The van der Waals surface area contributed by atoms with Crippen LogP contribution < -0.4 is 19.7 Å². The highest BCUT2D eigenvalue weighted by Gasteiger charge is 2.58. The van der Waals surface area contributed by atoms with E-state index in [2.05, 4.69) is 5.32 Å². The van der Waals surface area contributed by atoms with Crippen molar-refractivity contribution >= 4 is 29.2 Å². The summed E-state index contributed by atoms with van der Waals surface area (Å²) in [5.74, 6) is 0.294. The van der Waals surface area contributed by atoms with Gasteiger partial charge in [-0.25, -0.2) is 9.69 Å². The van der Waals surface area contributed by atoms with Gasteiger partial charge in [0.1, 0.15) is 18.0 Å². The van der Waals surface area contributed by atoms with Crippen LogP contribution in [0.3, 0.4) is 0 Å². The first-order valence-corrected chi connectivity index (χ1v) is 12.3. The lowest BCUT2D eigenvalue weighted by Gasteiger charge is -2.42. The van der Waals surface area contributed by atoms with Gasteiger partial charge >= 0.3 is 6.03 Å². The van der Waals surface area contributed by atoms with Crippen molar-refractivity contribution in [1.29, 1.82) is 0 Å². The summed E-state index contributed by atoms with van der Waals surface area (Å²) < 4.78 is 16.9. The number of benzene rings is 2. The molecule has 4 amide bonds. The van der Waals surface area contributed by atoms with Gasteiger partial charge in [0.25, 0.3) is 5.91 Å². The first kappa shape index (κ1) is 24.1. The Kier molecular flexibility index (Phi) is 6.57. The van der Waals surface area contributed by atoms with Crippen molar-refractivity contribution in [2.75, 3.05) is 31.0 Å². The minimum Gasteiger partial charge on any atom is -0.497 e. The molecule has 190 valence electrons. The van der Waals surface area contributed by atoms with E-state index in [1.54, 1.807) is 30.3 Å². The molecule has 2 aromatic rings. The minimum absolute atomic E-state index is 0.0240. The molecule has 4 atom stereocenters. The van der Waals surface area contributed by atoms with E-state index in [0.717, 1.165) is 36.1 Å². The lowest BCUT2D eigenvalue weighted by Crippen LogP contribution is -2.65. The summed E-state index contributed by atoms with van der Waals surface area (Å²) >= 11 is 0. The Morgan fingerprint density at radius 2 is 1.81 bits per heavy atom. The van der Waals surface area contributed by atoms with Gasteiger partial charge in [-0.15, -0.1) is 0 Å². The van der Waals surface area contributed by atoms with Crippen LogP contribution in [0, 0.1) is 12.8 Å². The highest BCUT2D eigenvalue weighted by molar-refractivity contribution is 6.18. The predicted molar refractivity (Wildman–Crippen MR) is 133 cm³/mol. The van der Waals surface area contributed by atoms with Crippen LogP contribution in [0.25, 0.3) is 0 Å².